The summed E-state index contributed by atoms with van der Waals surface area (Å²) in [5.41, 5.74) is 4.73. The van der Waals surface area contributed by atoms with Crippen LogP contribution in [0.15, 0.2) is 0 Å². The summed E-state index contributed by atoms with van der Waals surface area (Å²) in [6.07, 6.45) is -0.706. The zero-order valence-corrected chi connectivity index (χ0v) is 8.17. The Morgan fingerprint density at radius 3 is 1.90 bits per heavy atom. The van der Waals surface area contributed by atoms with Gasteiger partial charge in [0, 0.05) is 37.9 Å². The fraction of sp³-hybridized carbons (Fsp3) is 0.500. The number of carboxylic acid groups (broad SMARTS) is 2. The van der Waals surface area contributed by atoms with Gasteiger partial charge in [0.05, 0.1) is 5.97 Å². The molecule has 0 aliphatic carbocycles. The predicted molar refractivity (Wildman–Crippen MR) is 22.6 cm³/mol. The third kappa shape index (κ3) is 5.66. The molecule has 2 N–H and O–H groups in total. The van der Waals surface area contributed by atoms with Crippen molar-refractivity contribution in [3.05, 3.63) is 0 Å². The number of hydrogen-bond donors (Lipinski definition) is 1. The van der Waals surface area contributed by atoms with E-state index in [1.54, 1.807) is 0 Å². The van der Waals surface area contributed by atoms with Gasteiger partial charge in [-0.05, 0) is 0 Å². The molecule has 0 saturated carbocycles. The molecule has 0 aromatic carbocycles. The molecular formula is C4H5NO4Zn-2. The molecule has 0 aliphatic heterocycles. The van der Waals surface area contributed by atoms with Gasteiger partial charge in [0.25, 0.3) is 0 Å². The second-order valence-electron chi connectivity index (χ2n) is 1.50. The van der Waals surface area contributed by atoms with Crippen LogP contribution in [-0.4, -0.2) is 18.0 Å². The van der Waals surface area contributed by atoms with Gasteiger partial charge in [-0.25, -0.2) is 0 Å². The summed E-state index contributed by atoms with van der Waals surface area (Å²) in [5.74, 6) is -3.08. The van der Waals surface area contributed by atoms with E-state index in [-0.39, 0.29) is 19.5 Å². The zero-order chi connectivity index (χ0) is 7.44. The van der Waals surface area contributed by atoms with Crippen LogP contribution in [0, 0.1) is 0 Å². The maximum absolute atomic E-state index is 9.71. The Hall–Kier alpha value is -0.477. The summed E-state index contributed by atoms with van der Waals surface area (Å²) in [7, 11) is 0. The Labute approximate surface area is 70.0 Å². The predicted octanol–water partition coefficient (Wildman–Crippen LogP) is -3.80. The summed E-state index contributed by atoms with van der Waals surface area (Å²) < 4.78 is 0. The van der Waals surface area contributed by atoms with Gasteiger partial charge in [0.15, 0.2) is 0 Å². The van der Waals surface area contributed by atoms with Crippen LogP contribution in [0.2, 0.25) is 0 Å². The average Bonchev–Trinajstić information content (AvgIpc) is 1.63. The van der Waals surface area contributed by atoms with E-state index in [1.165, 1.54) is 0 Å². The summed E-state index contributed by atoms with van der Waals surface area (Å²) in [4.78, 5) is 19.3. The molecule has 1 unspecified atom stereocenters. The van der Waals surface area contributed by atoms with Gasteiger partial charge < -0.3 is 25.5 Å². The van der Waals surface area contributed by atoms with E-state index in [9.17, 15) is 19.8 Å². The van der Waals surface area contributed by atoms with Crippen LogP contribution >= 0.6 is 0 Å². The van der Waals surface area contributed by atoms with Crippen LogP contribution in [0.5, 0.6) is 0 Å². The minimum absolute atomic E-state index is 0. The quantitative estimate of drug-likeness (QED) is 0.466. The first-order chi connectivity index (χ1) is 4.04. The number of carbonyl (C=O) groups is 2. The van der Waals surface area contributed by atoms with E-state index in [2.05, 4.69) is 0 Å². The largest absolute Gasteiger partial charge is 0.550 e. The van der Waals surface area contributed by atoms with Crippen molar-refractivity contribution in [1.82, 2.24) is 0 Å². The van der Waals surface area contributed by atoms with Crippen molar-refractivity contribution in [3.63, 3.8) is 0 Å². The second-order valence-corrected chi connectivity index (χ2v) is 1.50. The van der Waals surface area contributed by atoms with Crippen molar-refractivity contribution in [2.24, 2.45) is 5.73 Å². The molecule has 1 atom stereocenters. The van der Waals surface area contributed by atoms with Gasteiger partial charge in [-0.3, -0.25) is 0 Å². The Morgan fingerprint density at radius 1 is 1.40 bits per heavy atom. The SMILES string of the molecule is NC(CC(=O)[O-])C(=O)[O-].[Zn]. The smallest absolute Gasteiger partial charge is 0.0586 e. The van der Waals surface area contributed by atoms with Gasteiger partial charge in [0.2, 0.25) is 0 Å². The minimum Gasteiger partial charge on any atom is -0.550 e. The third-order valence-corrected chi connectivity index (χ3v) is 0.689. The fourth-order valence-corrected chi connectivity index (χ4v) is 0.263. The molecule has 0 aromatic rings. The molecule has 6 heteroatoms. The first-order valence-electron chi connectivity index (χ1n) is 2.20. The van der Waals surface area contributed by atoms with Crippen LogP contribution in [0.3, 0.4) is 0 Å². The van der Waals surface area contributed by atoms with Crippen molar-refractivity contribution in [2.75, 3.05) is 0 Å². The molecule has 0 fully saturated rings. The van der Waals surface area contributed by atoms with Gasteiger partial charge >= 0.3 is 0 Å². The van der Waals surface area contributed by atoms with Crippen LogP contribution < -0.4 is 15.9 Å². The van der Waals surface area contributed by atoms with Gasteiger partial charge in [0.1, 0.15) is 0 Å². The van der Waals surface area contributed by atoms with Crippen LogP contribution in [0.25, 0.3) is 0 Å². The zero-order valence-electron chi connectivity index (χ0n) is 5.20. The van der Waals surface area contributed by atoms with Crippen LogP contribution in [0.4, 0.5) is 0 Å². The molecule has 54 valence electrons. The number of aliphatic carboxylic acids is 2. The van der Waals surface area contributed by atoms with E-state index in [0.717, 1.165) is 0 Å². The fourth-order valence-electron chi connectivity index (χ4n) is 0.263. The molecule has 0 aliphatic rings. The molecule has 0 amide bonds. The van der Waals surface area contributed by atoms with Gasteiger partial charge in [-0.2, -0.15) is 0 Å². The number of rotatable bonds is 3. The average molecular weight is 196 g/mol. The van der Waals surface area contributed by atoms with Gasteiger partial charge in [-0.1, -0.05) is 0 Å². The van der Waals surface area contributed by atoms with Crippen molar-refractivity contribution >= 4 is 11.9 Å². The molecule has 0 heterocycles. The van der Waals surface area contributed by atoms with Crippen molar-refractivity contribution in [1.29, 1.82) is 0 Å². The monoisotopic (exact) mass is 195 g/mol. The molecule has 5 nitrogen and oxygen atoms in total. The number of carbonyl (C=O) groups excluding carboxylic acids is 2. The van der Waals surface area contributed by atoms with Crippen molar-refractivity contribution in [3.8, 4) is 0 Å². The summed E-state index contributed by atoms with van der Waals surface area (Å²) in [6, 6.07) is -1.46. The number of carboxylic acids is 2. The maximum Gasteiger partial charge on any atom is 0.0586 e. The normalized spacial score (nSPS) is 11.3. The second kappa shape index (κ2) is 5.32. The van der Waals surface area contributed by atoms with E-state index < -0.39 is 24.4 Å². The molecular weight excluding hydrogens is 191 g/mol. The maximum atomic E-state index is 9.71. The Kier molecular flexibility index (Phi) is 6.50. The van der Waals surface area contributed by atoms with Crippen LogP contribution in [-0.2, 0) is 29.1 Å². The minimum atomic E-state index is -1.58. The third-order valence-electron chi connectivity index (χ3n) is 0.689. The van der Waals surface area contributed by atoms with E-state index in [1.807, 2.05) is 0 Å². The van der Waals surface area contributed by atoms with Gasteiger partial charge in [-0.15, -0.1) is 0 Å². The Bertz CT molecular complexity index is 137. The van der Waals surface area contributed by atoms with Crippen molar-refractivity contribution in [2.45, 2.75) is 12.5 Å². The topological polar surface area (TPSA) is 106 Å². The molecule has 0 saturated heterocycles. The molecule has 0 bridgehead atoms. The molecule has 0 aromatic heterocycles. The molecule has 10 heavy (non-hydrogen) atoms. The van der Waals surface area contributed by atoms with E-state index >= 15 is 0 Å². The first-order valence-corrected chi connectivity index (χ1v) is 2.20. The molecule has 0 radical (unpaired) electrons. The number of hydrogen-bond acceptors (Lipinski definition) is 5. The summed E-state index contributed by atoms with van der Waals surface area (Å²) in [5, 5.41) is 19.3. The van der Waals surface area contributed by atoms with Crippen molar-refractivity contribution < 1.29 is 39.3 Å². The molecule has 0 spiro atoms. The molecule has 0 rings (SSSR count). The first kappa shape index (κ1) is 12.2. The number of nitrogens with two attached hydrogens (primary N) is 1. The van der Waals surface area contributed by atoms with E-state index in [0.29, 0.717) is 0 Å². The van der Waals surface area contributed by atoms with E-state index in [4.69, 9.17) is 5.73 Å². The standard InChI is InChI=1S/C4H7NO4.Zn/c5-2(4(8)9)1-3(6)7;/h2H,1,5H2,(H,6,7)(H,8,9);/p-2. The Morgan fingerprint density at radius 2 is 1.80 bits per heavy atom. The summed E-state index contributed by atoms with van der Waals surface area (Å²) >= 11 is 0. The summed E-state index contributed by atoms with van der Waals surface area (Å²) in [6.45, 7) is 0. The Balaban J connectivity index is 0. The van der Waals surface area contributed by atoms with Crippen LogP contribution in [0.1, 0.15) is 6.42 Å².